The quantitative estimate of drug-likeness (QED) is 0.647. The number of anilines is 2. The lowest BCUT2D eigenvalue weighted by Crippen LogP contribution is -2.19. The van der Waals surface area contributed by atoms with E-state index >= 15 is 0 Å². The smallest absolute Gasteiger partial charge is 0.267 e. The molecule has 1 aromatic heterocycles. The number of hydrogen-bond acceptors (Lipinski definition) is 6. The monoisotopic (exact) mass is 272 g/mol. The molecule has 1 rings (SSSR count). The Morgan fingerprint density at radius 3 is 2.67 bits per heavy atom. The highest BCUT2D eigenvalue weighted by Crippen LogP contribution is 2.15. The lowest BCUT2D eigenvalue weighted by molar-refractivity contribution is 0.0995. The lowest BCUT2D eigenvalue weighted by atomic mass is 10.3. The van der Waals surface area contributed by atoms with E-state index < -0.39 is 15.7 Å². The number of primary amides is 1. The first kappa shape index (κ1) is 14.2. The van der Waals surface area contributed by atoms with Crippen molar-refractivity contribution in [3.05, 3.63) is 17.8 Å². The second-order valence-corrected chi connectivity index (χ2v) is 6.13. The molecule has 0 atom stereocenters. The van der Waals surface area contributed by atoms with Gasteiger partial charge in [0.05, 0.1) is 11.4 Å². The Balaban J connectivity index is 2.73. The topological polar surface area (TPSA) is 128 Å². The highest BCUT2D eigenvalue weighted by atomic mass is 32.2. The molecule has 0 aliphatic carbocycles. The number of aromatic nitrogens is 1. The minimum absolute atomic E-state index is 0.0224. The van der Waals surface area contributed by atoms with Crippen LogP contribution in [-0.2, 0) is 9.84 Å². The normalized spacial score (nSPS) is 11.2. The molecular weight excluding hydrogens is 256 g/mol. The summed E-state index contributed by atoms with van der Waals surface area (Å²) in [6.07, 6.45) is 0. The summed E-state index contributed by atoms with van der Waals surface area (Å²) >= 11 is 0. The molecule has 0 aromatic carbocycles. The van der Waals surface area contributed by atoms with Crippen LogP contribution in [0.3, 0.4) is 0 Å². The number of nitrogens with two attached hydrogens (primary N) is 2. The maximum Gasteiger partial charge on any atom is 0.267 e. The minimum atomic E-state index is -3.05. The Morgan fingerprint density at radius 1 is 1.44 bits per heavy atom. The molecule has 0 spiro atoms. The van der Waals surface area contributed by atoms with E-state index in [4.69, 9.17) is 11.5 Å². The van der Waals surface area contributed by atoms with Crippen molar-refractivity contribution >= 4 is 27.2 Å². The summed E-state index contributed by atoms with van der Waals surface area (Å²) in [5.41, 5.74) is 11.1. The van der Waals surface area contributed by atoms with Crippen molar-refractivity contribution in [1.29, 1.82) is 0 Å². The van der Waals surface area contributed by atoms with Crippen LogP contribution in [0.15, 0.2) is 12.1 Å². The minimum Gasteiger partial charge on any atom is -0.396 e. The standard InChI is InChI=1S/C10H16N4O3S/c1-2-18(16,17)6-5-13-10-7(11)3-4-8(14-10)9(12)15/h3-4H,2,5-6,11H2,1H3,(H2,12,15)(H,13,14). The lowest BCUT2D eigenvalue weighted by Gasteiger charge is -2.09. The highest BCUT2D eigenvalue weighted by Gasteiger charge is 2.09. The predicted octanol–water partition coefficient (Wildman–Crippen LogP) is -0.391. The molecule has 0 fully saturated rings. The van der Waals surface area contributed by atoms with Gasteiger partial charge in [0.1, 0.15) is 11.5 Å². The van der Waals surface area contributed by atoms with Gasteiger partial charge in [-0.05, 0) is 12.1 Å². The summed E-state index contributed by atoms with van der Waals surface area (Å²) in [5.74, 6) is -0.346. The second-order valence-electron chi connectivity index (χ2n) is 3.66. The summed E-state index contributed by atoms with van der Waals surface area (Å²) < 4.78 is 22.6. The van der Waals surface area contributed by atoms with Gasteiger partial charge < -0.3 is 16.8 Å². The fraction of sp³-hybridized carbons (Fsp3) is 0.400. The number of hydrogen-bond donors (Lipinski definition) is 3. The third-order valence-electron chi connectivity index (χ3n) is 2.32. The van der Waals surface area contributed by atoms with Crippen molar-refractivity contribution in [3.8, 4) is 0 Å². The zero-order chi connectivity index (χ0) is 13.8. The molecule has 1 heterocycles. The van der Waals surface area contributed by atoms with Crippen LogP contribution >= 0.6 is 0 Å². The first-order chi connectivity index (χ1) is 8.35. The van der Waals surface area contributed by atoms with Crippen molar-refractivity contribution in [2.24, 2.45) is 5.73 Å². The largest absolute Gasteiger partial charge is 0.396 e. The molecule has 0 unspecified atom stereocenters. The fourth-order valence-corrected chi connectivity index (χ4v) is 1.92. The van der Waals surface area contributed by atoms with Gasteiger partial charge in [0.2, 0.25) is 0 Å². The van der Waals surface area contributed by atoms with E-state index in [1.54, 1.807) is 6.92 Å². The van der Waals surface area contributed by atoms with Gasteiger partial charge in [-0.3, -0.25) is 4.79 Å². The molecule has 1 amide bonds. The van der Waals surface area contributed by atoms with Crippen LogP contribution in [0.25, 0.3) is 0 Å². The van der Waals surface area contributed by atoms with E-state index in [1.165, 1.54) is 12.1 Å². The molecule has 0 saturated heterocycles. The maximum atomic E-state index is 11.3. The van der Waals surface area contributed by atoms with Crippen molar-refractivity contribution in [2.75, 3.05) is 29.1 Å². The van der Waals surface area contributed by atoms with Gasteiger partial charge in [0, 0.05) is 12.3 Å². The van der Waals surface area contributed by atoms with Gasteiger partial charge in [-0.1, -0.05) is 6.92 Å². The molecule has 0 radical (unpaired) electrons. The molecule has 8 heteroatoms. The van der Waals surface area contributed by atoms with Crippen LogP contribution < -0.4 is 16.8 Å². The van der Waals surface area contributed by atoms with Crippen molar-refractivity contribution < 1.29 is 13.2 Å². The Labute approximate surface area is 105 Å². The van der Waals surface area contributed by atoms with E-state index in [1.807, 2.05) is 0 Å². The average molecular weight is 272 g/mol. The van der Waals surface area contributed by atoms with E-state index in [0.29, 0.717) is 5.69 Å². The summed E-state index contributed by atoms with van der Waals surface area (Å²) in [5, 5.41) is 2.78. The molecule has 100 valence electrons. The first-order valence-electron chi connectivity index (χ1n) is 5.36. The van der Waals surface area contributed by atoms with E-state index in [-0.39, 0.29) is 29.6 Å². The number of nitrogen functional groups attached to an aromatic ring is 1. The zero-order valence-electron chi connectivity index (χ0n) is 10.0. The Hall–Kier alpha value is -1.83. The molecule has 0 saturated carbocycles. The van der Waals surface area contributed by atoms with Gasteiger partial charge >= 0.3 is 0 Å². The zero-order valence-corrected chi connectivity index (χ0v) is 10.8. The number of carbonyl (C=O) groups excluding carboxylic acids is 1. The van der Waals surface area contributed by atoms with Crippen LogP contribution in [0.5, 0.6) is 0 Å². The summed E-state index contributed by atoms with van der Waals surface area (Å²) in [4.78, 5) is 14.9. The summed E-state index contributed by atoms with van der Waals surface area (Å²) in [6, 6.07) is 2.90. The molecule has 18 heavy (non-hydrogen) atoms. The summed E-state index contributed by atoms with van der Waals surface area (Å²) in [7, 11) is -3.05. The first-order valence-corrected chi connectivity index (χ1v) is 7.18. The molecule has 0 aliphatic rings. The molecule has 0 aliphatic heterocycles. The number of carbonyl (C=O) groups is 1. The van der Waals surface area contributed by atoms with Crippen LogP contribution in [0.4, 0.5) is 11.5 Å². The SMILES string of the molecule is CCS(=O)(=O)CCNc1nc(C(N)=O)ccc1N. The van der Waals surface area contributed by atoms with Crippen molar-refractivity contribution in [3.63, 3.8) is 0 Å². The number of pyridine rings is 1. The van der Waals surface area contributed by atoms with Crippen LogP contribution in [0.1, 0.15) is 17.4 Å². The molecule has 7 nitrogen and oxygen atoms in total. The number of sulfone groups is 1. The van der Waals surface area contributed by atoms with Crippen molar-refractivity contribution in [2.45, 2.75) is 6.92 Å². The number of amides is 1. The third-order valence-corrected chi connectivity index (χ3v) is 4.03. The van der Waals surface area contributed by atoms with Crippen molar-refractivity contribution in [1.82, 2.24) is 4.98 Å². The predicted molar refractivity (Wildman–Crippen MR) is 70.0 cm³/mol. The molecular formula is C10H16N4O3S. The van der Waals surface area contributed by atoms with Gasteiger partial charge in [-0.15, -0.1) is 0 Å². The number of rotatable bonds is 6. The molecule has 1 aromatic rings. The second kappa shape index (κ2) is 5.67. The van der Waals surface area contributed by atoms with Gasteiger partial charge in [-0.2, -0.15) is 0 Å². The van der Waals surface area contributed by atoms with Crippen LogP contribution in [0.2, 0.25) is 0 Å². The highest BCUT2D eigenvalue weighted by molar-refractivity contribution is 7.91. The van der Waals surface area contributed by atoms with Crippen LogP contribution in [0, 0.1) is 0 Å². The van der Waals surface area contributed by atoms with E-state index in [9.17, 15) is 13.2 Å². The van der Waals surface area contributed by atoms with Crippen LogP contribution in [-0.4, -0.2) is 37.4 Å². The number of nitrogens with zero attached hydrogens (tertiary/aromatic N) is 1. The maximum absolute atomic E-state index is 11.3. The van der Waals surface area contributed by atoms with E-state index in [2.05, 4.69) is 10.3 Å². The van der Waals surface area contributed by atoms with Gasteiger partial charge in [-0.25, -0.2) is 13.4 Å². The number of nitrogens with one attached hydrogen (secondary N) is 1. The third kappa shape index (κ3) is 3.88. The Kier molecular flexibility index (Phi) is 4.49. The van der Waals surface area contributed by atoms with Gasteiger partial charge in [0.15, 0.2) is 9.84 Å². The average Bonchev–Trinajstić information content (AvgIpc) is 2.31. The Bertz CT molecular complexity index is 542. The molecule has 0 bridgehead atoms. The summed E-state index contributed by atoms with van der Waals surface area (Å²) in [6.45, 7) is 1.76. The fourth-order valence-electron chi connectivity index (χ4n) is 1.22. The Morgan fingerprint density at radius 2 is 2.11 bits per heavy atom. The van der Waals surface area contributed by atoms with Gasteiger partial charge in [0.25, 0.3) is 5.91 Å². The van der Waals surface area contributed by atoms with E-state index in [0.717, 1.165) is 0 Å². The molecule has 5 N–H and O–H groups in total.